The maximum Gasteiger partial charge on any atom is 0.317 e. The van der Waals surface area contributed by atoms with E-state index in [1.165, 1.54) is 0 Å². The molecule has 0 spiro atoms. The Morgan fingerprint density at radius 2 is 2.09 bits per heavy atom. The SMILES string of the molecule is O=C(Nc1ccc(Br)cn1)[C@@H]1CCCN(C(=O)NC2CC2)C1. The summed E-state index contributed by atoms with van der Waals surface area (Å²) in [5.41, 5.74) is 0. The van der Waals surface area contributed by atoms with Gasteiger partial charge in [-0.05, 0) is 53.7 Å². The van der Waals surface area contributed by atoms with Crippen LogP contribution in [0, 0.1) is 5.92 Å². The van der Waals surface area contributed by atoms with Crippen molar-refractivity contribution in [2.75, 3.05) is 18.4 Å². The molecule has 1 atom stereocenters. The molecular weight excluding hydrogens is 348 g/mol. The smallest absolute Gasteiger partial charge is 0.317 e. The van der Waals surface area contributed by atoms with Gasteiger partial charge in [0.2, 0.25) is 5.91 Å². The summed E-state index contributed by atoms with van der Waals surface area (Å²) in [4.78, 5) is 30.3. The molecule has 2 heterocycles. The molecule has 0 bridgehead atoms. The Balaban J connectivity index is 1.55. The van der Waals surface area contributed by atoms with Crippen LogP contribution in [0.25, 0.3) is 0 Å². The van der Waals surface area contributed by atoms with Gasteiger partial charge in [-0.3, -0.25) is 4.79 Å². The molecule has 3 rings (SSSR count). The fourth-order valence-electron chi connectivity index (χ4n) is 2.55. The zero-order valence-electron chi connectivity index (χ0n) is 12.2. The summed E-state index contributed by atoms with van der Waals surface area (Å²) < 4.78 is 0.867. The van der Waals surface area contributed by atoms with Crippen molar-refractivity contribution in [2.45, 2.75) is 31.7 Å². The second-order valence-corrected chi connectivity index (χ2v) is 6.78. The number of nitrogens with zero attached hydrogens (tertiary/aromatic N) is 2. The van der Waals surface area contributed by atoms with Gasteiger partial charge in [-0.2, -0.15) is 0 Å². The Hall–Kier alpha value is -1.63. The third-order valence-electron chi connectivity index (χ3n) is 3.96. The molecule has 0 radical (unpaired) electrons. The Labute approximate surface area is 137 Å². The van der Waals surface area contributed by atoms with Crippen LogP contribution in [0.1, 0.15) is 25.7 Å². The van der Waals surface area contributed by atoms with Crippen LogP contribution in [0.4, 0.5) is 10.6 Å². The van der Waals surface area contributed by atoms with Crippen molar-refractivity contribution >= 4 is 33.7 Å². The van der Waals surface area contributed by atoms with Crippen LogP contribution in [0.15, 0.2) is 22.8 Å². The van der Waals surface area contributed by atoms with Crippen molar-refractivity contribution in [2.24, 2.45) is 5.92 Å². The summed E-state index contributed by atoms with van der Waals surface area (Å²) in [5.74, 6) is 0.288. The molecule has 1 aliphatic carbocycles. The molecular formula is C15H19BrN4O2. The molecule has 2 aliphatic rings. The highest BCUT2D eigenvalue weighted by atomic mass is 79.9. The average molecular weight is 367 g/mol. The van der Waals surface area contributed by atoms with Crippen molar-refractivity contribution in [1.82, 2.24) is 15.2 Å². The molecule has 1 aliphatic heterocycles. The van der Waals surface area contributed by atoms with Gasteiger partial charge in [0, 0.05) is 29.8 Å². The van der Waals surface area contributed by atoms with Gasteiger partial charge < -0.3 is 15.5 Å². The number of urea groups is 1. The number of aromatic nitrogens is 1. The molecule has 1 aromatic rings. The number of anilines is 1. The molecule has 22 heavy (non-hydrogen) atoms. The highest BCUT2D eigenvalue weighted by Crippen LogP contribution is 2.22. The topological polar surface area (TPSA) is 74.3 Å². The number of amides is 3. The number of nitrogens with one attached hydrogen (secondary N) is 2. The van der Waals surface area contributed by atoms with E-state index in [0.717, 1.165) is 36.7 Å². The maximum absolute atomic E-state index is 12.3. The Bertz CT molecular complexity index is 559. The van der Waals surface area contributed by atoms with Crippen LogP contribution in [0.2, 0.25) is 0 Å². The van der Waals surface area contributed by atoms with Crippen molar-refractivity contribution in [3.63, 3.8) is 0 Å². The standard InChI is InChI=1S/C15H19BrN4O2/c16-11-3-6-13(17-8-11)19-14(21)10-2-1-7-20(9-10)15(22)18-12-4-5-12/h3,6,8,10,12H,1-2,4-5,7,9H2,(H,18,22)(H,17,19,21)/t10-/m1/s1. The van der Waals surface area contributed by atoms with E-state index < -0.39 is 0 Å². The average Bonchev–Trinajstić information content (AvgIpc) is 3.33. The van der Waals surface area contributed by atoms with E-state index in [-0.39, 0.29) is 17.9 Å². The summed E-state index contributed by atoms with van der Waals surface area (Å²) >= 11 is 3.31. The summed E-state index contributed by atoms with van der Waals surface area (Å²) in [6, 6.07) is 3.89. The lowest BCUT2D eigenvalue weighted by atomic mass is 9.97. The van der Waals surface area contributed by atoms with Crippen LogP contribution in [-0.2, 0) is 4.79 Å². The van der Waals surface area contributed by atoms with Gasteiger partial charge in [0.15, 0.2) is 0 Å². The molecule has 1 saturated carbocycles. The number of carbonyl (C=O) groups excluding carboxylic acids is 2. The number of piperidine rings is 1. The largest absolute Gasteiger partial charge is 0.335 e. The van der Waals surface area contributed by atoms with Gasteiger partial charge in [-0.1, -0.05) is 0 Å². The van der Waals surface area contributed by atoms with Gasteiger partial charge in [-0.15, -0.1) is 0 Å². The number of rotatable bonds is 3. The summed E-state index contributed by atoms with van der Waals surface area (Å²) in [5, 5.41) is 5.80. The molecule has 7 heteroatoms. The van der Waals surface area contributed by atoms with E-state index in [9.17, 15) is 9.59 Å². The number of carbonyl (C=O) groups is 2. The zero-order chi connectivity index (χ0) is 15.5. The Morgan fingerprint density at radius 3 is 2.77 bits per heavy atom. The van der Waals surface area contributed by atoms with Crippen LogP contribution in [0.5, 0.6) is 0 Å². The van der Waals surface area contributed by atoms with Crippen molar-refractivity contribution in [3.8, 4) is 0 Å². The third kappa shape index (κ3) is 3.97. The number of pyridine rings is 1. The fourth-order valence-corrected chi connectivity index (χ4v) is 2.78. The molecule has 1 aromatic heterocycles. The third-order valence-corrected chi connectivity index (χ3v) is 4.43. The molecule has 2 fully saturated rings. The van der Waals surface area contributed by atoms with Crippen LogP contribution >= 0.6 is 15.9 Å². The van der Waals surface area contributed by atoms with Crippen LogP contribution < -0.4 is 10.6 Å². The number of likely N-dealkylation sites (tertiary alicyclic amines) is 1. The fraction of sp³-hybridized carbons (Fsp3) is 0.533. The van der Waals surface area contributed by atoms with E-state index in [4.69, 9.17) is 0 Å². The normalized spacial score (nSPS) is 21.3. The highest BCUT2D eigenvalue weighted by molar-refractivity contribution is 9.10. The first-order chi connectivity index (χ1) is 10.6. The van der Waals surface area contributed by atoms with E-state index >= 15 is 0 Å². The lowest BCUT2D eigenvalue weighted by molar-refractivity contribution is -0.121. The lowest BCUT2D eigenvalue weighted by Crippen LogP contribution is -2.48. The van der Waals surface area contributed by atoms with E-state index in [2.05, 4.69) is 31.5 Å². The molecule has 118 valence electrons. The number of hydrogen-bond acceptors (Lipinski definition) is 3. The quantitative estimate of drug-likeness (QED) is 0.862. The Morgan fingerprint density at radius 1 is 1.27 bits per heavy atom. The summed E-state index contributed by atoms with van der Waals surface area (Å²) in [6.45, 7) is 1.19. The van der Waals surface area contributed by atoms with Gasteiger partial charge in [0.25, 0.3) is 0 Å². The molecule has 1 saturated heterocycles. The monoisotopic (exact) mass is 366 g/mol. The first-order valence-corrected chi connectivity index (χ1v) is 8.39. The minimum atomic E-state index is -0.177. The minimum Gasteiger partial charge on any atom is -0.335 e. The molecule has 6 nitrogen and oxygen atoms in total. The Kier molecular flexibility index (Phi) is 4.61. The zero-order valence-corrected chi connectivity index (χ0v) is 13.8. The number of hydrogen-bond donors (Lipinski definition) is 2. The second kappa shape index (κ2) is 6.64. The lowest BCUT2D eigenvalue weighted by Gasteiger charge is -2.32. The summed E-state index contributed by atoms with van der Waals surface area (Å²) in [6.07, 6.45) is 5.43. The van der Waals surface area contributed by atoms with Crippen LogP contribution in [0.3, 0.4) is 0 Å². The molecule has 0 aromatic carbocycles. The van der Waals surface area contributed by atoms with Gasteiger partial charge >= 0.3 is 6.03 Å². The van der Waals surface area contributed by atoms with Gasteiger partial charge in [0.1, 0.15) is 5.82 Å². The van der Waals surface area contributed by atoms with E-state index in [1.54, 1.807) is 17.2 Å². The van der Waals surface area contributed by atoms with E-state index in [0.29, 0.717) is 18.4 Å². The van der Waals surface area contributed by atoms with Crippen LogP contribution in [-0.4, -0.2) is 41.0 Å². The molecule has 3 amide bonds. The number of halogens is 1. The first-order valence-electron chi connectivity index (χ1n) is 7.59. The van der Waals surface area contributed by atoms with Crippen molar-refractivity contribution in [3.05, 3.63) is 22.8 Å². The maximum atomic E-state index is 12.3. The van der Waals surface area contributed by atoms with E-state index in [1.807, 2.05) is 6.07 Å². The predicted octanol–water partition coefficient (Wildman–Crippen LogP) is 2.37. The molecule has 0 unspecified atom stereocenters. The van der Waals surface area contributed by atoms with Crippen molar-refractivity contribution in [1.29, 1.82) is 0 Å². The predicted molar refractivity (Wildman–Crippen MR) is 86.4 cm³/mol. The second-order valence-electron chi connectivity index (χ2n) is 5.86. The summed E-state index contributed by atoms with van der Waals surface area (Å²) in [7, 11) is 0. The highest BCUT2D eigenvalue weighted by Gasteiger charge is 2.31. The van der Waals surface area contributed by atoms with Gasteiger partial charge in [0.05, 0.1) is 5.92 Å². The first kappa shape index (κ1) is 15.3. The molecule has 2 N–H and O–H groups in total. The van der Waals surface area contributed by atoms with Gasteiger partial charge in [-0.25, -0.2) is 9.78 Å². The minimum absolute atomic E-state index is 0.0400. The van der Waals surface area contributed by atoms with Crippen molar-refractivity contribution < 1.29 is 9.59 Å².